The number of amides is 1. The summed E-state index contributed by atoms with van der Waals surface area (Å²) in [6.07, 6.45) is -0.519. The van der Waals surface area contributed by atoms with Gasteiger partial charge in [0.15, 0.2) is 0 Å². The number of aliphatic hydroxyl groups excluding tert-OH is 1. The molecule has 0 heterocycles. The molecular formula is C13H26N2O4. The molecule has 0 radical (unpaired) electrons. The molecule has 0 rings (SSSR count). The van der Waals surface area contributed by atoms with E-state index in [1.54, 1.807) is 13.8 Å². The molecule has 0 aromatic heterocycles. The third-order valence-electron chi connectivity index (χ3n) is 2.88. The van der Waals surface area contributed by atoms with Gasteiger partial charge in [-0.3, -0.25) is 4.79 Å². The lowest BCUT2D eigenvalue weighted by Gasteiger charge is -2.22. The molecule has 5 N–H and O–H groups in total. The number of carbonyl (C=O) groups is 2. The molecule has 0 saturated heterocycles. The van der Waals surface area contributed by atoms with Crippen LogP contribution in [0.4, 0.5) is 0 Å². The van der Waals surface area contributed by atoms with Crippen LogP contribution in [0.3, 0.4) is 0 Å². The van der Waals surface area contributed by atoms with Gasteiger partial charge in [-0.05, 0) is 18.3 Å². The maximum absolute atomic E-state index is 11.7. The Hall–Kier alpha value is -1.14. The molecule has 0 aromatic rings. The highest BCUT2D eigenvalue weighted by Gasteiger charge is 2.26. The van der Waals surface area contributed by atoms with E-state index in [0.717, 1.165) is 0 Å². The Bertz CT molecular complexity index is 305. The first kappa shape index (κ1) is 17.9. The molecule has 0 spiro atoms. The van der Waals surface area contributed by atoms with Crippen molar-refractivity contribution in [3.63, 3.8) is 0 Å². The molecule has 0 aliphatic carbocycles. The van der Waals surface area contributed by atoms with Gasteiger partial charge in [-0.15, -0.1) is 0 Å². The molecule has 3 atom stereocenters. The molecule has 0 aliphatic heterocycles. The number of aliphatic carboxylic acids is 1. The predicted octanol–water partition coefficient (Wildman–Crippen LogP) is 0.336. The topological polar surface area (TPSA) is 113 Å². The number of nitrogens with one attached hydrogen (secondary N) is 1. The van der Waals surface area contributed by atoms with Gasteiger partial charge in [0.1, 0.15) is 6.04 Å². The summed E-state index contributed by atoms with van der Waals surface area (Å²) in [5, 5.41) is 21.1. The maximum Gasteiger partial charge on any atom is 0.326 e. The molecule has 6 nitrogen and oxygen atoms in total. The van der Waals surface area contributed by atoms with Crippen LogP contribution >= 0.6 is 0 Å². The minimum atomic E-state index is -1.08. The number of carboxylic acids is 1. The number of nitrogens with two attached hydrogens (primary N) is 1. The van der Waals surface area contributed by atoms with E-state index in [1.807, 2.05) is 13.8 Å². The average molecular weight is 274 g/mol. The molecule has 0 saturated carbocycles. The second-order valence-corrected chi connectivity index (χ2v) is 5.69. The Morgan fingerprint density at radius 1 is 1.21 bits per heavy atom. The van der Waals surface area contributed by atoms with Crippen LogP contribution in [0.25, 0.3) is 0 Å². The largest absolute Gasteiger partial charge is 0.480 e. The van der Waals surface area contributed by atoms with Crippen LogP contribution in [0.2, 0.25) is 0 Å². The van der Waals surface area contributed by atoms with Crippen molar-refractivity contribution in [2.45, 2.75) is 58.7 Å². The second-order valence-electron chi connectivity index (χ2n) is 5.69. The van der Waals surface area contributed by atoms with Crippen LogP contribution in [0.5, 0.6) is 0 Å². The molecule has 112 valence electrons. The SMILES string of the molecule is CC(C)C[C@H](N)[C@@H](O)CC(=O)N[C@H](C(=O)O)C(C)C. The third-order valence-corrected chi connectivity index (χ3v) is 2.88. The summed E-state index contributed by atoms with van der Waals surface area (Å²) in [7, 11) is 0. The fourth-order valence-electron chi connectivity index (χ4n) is 1.79. The molecule has 0 bridgehead atoms. The van der Waals surface area contributed by atoms with Crippen LogP contribution < -0.4 is 11.1 Å². The quantitative estimate of drug-likeness (QED) is 0.509. The minimum absolute atomic E-state index is 0.176. The van der Waals surface area contributed by atoms with Crippen LogP contribution in [-0.4, -0.2) is 40.3 Å². The molecule has 1 amide bonds. The van der Waals surface area contributed by atoms with Gasteiger partial charge < -0.3 is 21.3 Å². The normalized spacial score (nSPS) is 16.2. The van der Waals surface area contributed by atoms with E-state index in [0.29, 0.717) is 12.3 Å². The Kier molecular flexibility index (Phi) is 7.63. The van der Waals surface area contributed by atoms with Crippen molar-refractivity contribution in [3.05, 3.63) is 0 Å². The van der Waals surface area contributed by atoms with Crippen molar-refractivity contribution >= 4 is 11.9 Å². The zero-order valence-electron chi connectivity index (χ0n) is 12.1. The summed E-state index contributed by atoms with van der Waals surface area (Å²) in [6, 6.07) is -1.42. The minimum Gasteiger partial charge on any atom is -0.480 e. The first-order chi connectivity index (χ1) is 8.65. The van der Waals surface area contributed by atoms with E-state index in [9.17, 15) is 14.7 Å². The number of hydrogen-bond acceptors (Lipinski definition) is 4. The van der Waals surface area contributed by atoms with Crippen LogP contribution in [0.1, 0.15) is 40.5 Å². The second kappa shape index (κ2) is 8.12. The lowest BCUT2D eigenvalue weighted by Crippen LogP contribution is -2.47. The summed E-state index contributed by atoms with van der Waals surface area (Å²) in [5.41, 5.74) is 5.77. The summed E-state index contributed by atoms with van der Waals surface area (Å²) in [5.74, 6) is -1.46. The van der Waals surface area contributed by atoms with Gasteiger partial charge in [0.2, 0.25) is 5.91 Å². The number of carbonyl (C=O) groups excluding carboxylic acids is 1. The Morgan fingerprint density at radius 2 is 1.74 bits per heavy atom. The Morgan fingerprint density at radius 3 is 2.11 bits per heavy atom. The van der Waals surface area contributed by atoms with Crippen molar-refractivity contribution in [2.75, 3.05) is 0 Å². The summed E-state index contributed by atoms with van der Waals surface area (Å²) >= 11 is 0. The smallest absolute Gasteiger partial charge is 0.326 e. The van der Waals surface area contributed by atoms with Gasteiger partial charge in [0.25, 0.3) is 0 Å². The molecule has 6 heteroatoms. The van der Waals surface area contributed by atoms with E-state index < -0.39 is 30.1 Å². The average Bonchev–Trinajstić information content (AvgIpc) is 2.23. The van der Waals surface area contributed by atoms with E-state index in [4.69, 9.17) is 10.8 Å². The van der Waals surface area contributed by atoms with E-state index in [-0.39, 0.29) is 12.3 Å². The molecule has 0 unspecified atom stereocenters. The summed E-state index contributed by atoms with van der Waals surface area (Å²) in [6.45, 7) is 7.37. The third kappa shape index (κ3) is 7.12. The molecule has 0 fully saturated rings. The van der Waals surface area contributed by atoms with E-state index >= 15 is 0 Å². The number of rotatable bonds is 8. The van der Waals surface area contributed by atoms with Crippen LogP contribution in [-0.2, 0) is 9.59 Å². The lowest BCUT2D eigenvalue weighted by atomic mass is 9.97. The van der Waals surface area contributed by atoms with Gasteiger partial charge in [0.05, 0.1) is 12.5 Å². The van der Waals surface area contributed by atoms with E-state index in [1.165, 1.54) is 0 Å². The van der Waals surface area contributed by atoms with E-state index in [2.05, 4.69) is 5.32 Å². The standard InChI is InChI=1S/C13H26N2O4/c1-7(2)5-9(14)10(16)6-11(17)15-12(8(3)4)13(18)19/h7-10,12,16H,5-6,14H2,1-4H3,(H,15,17)(H,18,19)/t9-,10-,12-/m0/s1. The summed E-state index contributed by atoms with van der Waals surface area (Å²) in [4.78, 5) is 22.6. The molecule has 0 aliphatic rings. The van der Waals surface area contributed by atoms with Gasteiger partial charge in [-0.1, -0.05) is 27.7 Å². The highest BCUT2D eigenvalue weighted by Crippen LogP contribution is 2.09. The van der Waals surface area contributed by atoms with Crippen molar-refractivity contribution in [2.24, 2.45) is 17.6 Å². The monoisotopic (exact) mass is 274 g/mol. The van der Waals surface area contributed by atoms with Crippen molar-refractivity contribution in [1.82, 2.24) is 5.32 Å². The number of carboxylic acid groups (broad SMARTS) is 1. The predicted molar refractivity (Wildman–Crippen MR) is 72.5 cm³/mol. The first-order valence-corrected chi connectivity index (χ1v) is 6.61. The number of aliphatic hydroxyl groups is 1. The molecule has 19 heavy (non-hydrogen) atoms. The van der Waals surface area contributed by atoms with Gasteiger partial charge in [-0.2, -0.15) is 0 Å². The molecule has 0 aromatic carbocycles. The highest BCUT2D eigenvalue weighted by molar-refractivity contribution is 5.83. The fraction of sp³-hybridized carbons (Fsp3) is 0.846. The first-order valence-electron chi connectivity index (χ1n) is 6.61. The maximum atomic E-state index is 11.7. The number of hydrogen-bond donors (Lipinski definition) is 4. The zero-order chi connectivity index (χ0) is 15.2. The van der Waals surface area contributed by atoms with Gasteiger partial charge in [0, 0.05) is 6.04 Å². The van der Waals surface area contributed by atoms with Crippen molar-refractivity contribution in [3.8, 4) is 0 Å². The van der Waals surface area contributed by atoms with Crippen LogP contribution in [0.15, 0.2) is 0 Å². The highest BCUT2D eigenvalue weighted by atomic mass is 16.4. The van der Waals surface area contributed by atoms with Crippen molar-refractivity contribution in [1.29, 1.82) is 0 Å². The van der Waals surface area contributed by atoms with Gasteiger partial charge in [-0.25, -0.2) is 4.79 Å². The van der Waals surface area contributed by atoms with Crippen LogP contribution in [0, 0.1) is 11.8 Å². The summed E-state index contributed by atoms with van der Waals surface area (Å²) < 4.78 is 0. The zero-order valence-corrected chi connectivity index (χ0v) is 12.1. The van der Waals surface area contributed by atoms with Crippen molar-refractivity contribution < 1.29 is 19.8 Å². The Labute approximate surface area is 114 Å². The lowest BCUT2D eigenvalue weighted by molar-refractivity contribution is -0.143. The Balaban J connectivity index is 4.33. The fourth-order valence-corrected chi connectivity index (χ4v) is 1.79. The van der Waals surface area contributed by atoms with Gasteiger partial charge >= 0.3 is 5.97 Å². The molecular weight excluding hydrogens is 248 g/mol.